The molecule has 0 bridgehead atoms. The van der Waals surface area contributed by atoms with Gasteiger partial charge in [0.25, 0.3) is 0 Å². The Hall–Kier alpha value is -1.58. The first-order valence-electron chi connectivity index (χ1n) is 7.65. The zero-order valence-corrected chi connectivity index (χ0v) is 12.8. The van der Waals surface area contributed by atoms with Crippen molar-refractivity contribution in [3.05, 3.63) is 64.4 Å². The lowest BCUT2D eigenvalue weighted by atomic mass is 9.77. The molecule has 4 heteroatoms. The lowest BCUT2D eigenvalue weighted by molar-refractivity contribution is -0.0381. The molecule has 2 aliphatic rings. The Kier molecular flexibility index (Phi) is 3.55. The molecule has 3 atom stereocenters. The Morgan fingerprint density at radius 2 is 2.09 bits per heavy atom. The molecule has 0 aliphatic carbocycles. The molecule has 2 aliphatic heterocycles. The van der Waals surface area contributed by atoms with E-state index in [1.807, 2.05) is 24.3 Å². The summed E-state index contributed by atoms with van der Waals surface area (Å²) in [4.78, 5) is 0. The third kappa shape index (κ3) is 2.38. The molecule has 0 aromatic heterocycles. The van der Waals surface area contributed by atoms with Gasteiger partial charge in [-0.1, -0.05) is 23.7 Å². The summed E-state index contributed by atoms with van der Waals surface area (Å²) in [5.74, 6) is 0.0935. The van der Waals surface area contributed by atoms with Crippen molar-refractivity contribution in [2.45, 2.75) is 25.0 Å². The SMILES string of the molecule is Fc1cccc(C2Nc3ccc(Cl)cc3[C@H]3OCCC[C@@H]23)c1. The molecule has 2 heterocycles. The predicted molar refractivity (Wildman–Crippen MR) is 85.6 cm³/mol. The van der Waals surface area contributed by atoms with Crippen LogP contribution >= 0.6 is 11.6 Å². The van der Waals surface area contributed by atoms with Gasteiger partial charge in [0, 0.05) is 28.8 Å². The number of rotatable bonds is 1. The van der Waals surface area contributed by atoms with Crippen LogP contribution in [-0.4, -0.2) is 6.61 Å². The van der Waals surface area contributed by atoms with Gasteiger partial charge >= 0.3 is 0 Å². The summed E-state index contributed by atoms with van der Waals surface area (Å²) in [5.41, 5.74) is 3.12. The summed E-state index contributed by atoms with van der Waals surface area (Å²) in [5, 5.41) is 4.28. The van der Waals surface area contributed by atoms with Gasteiger partial charge in [0.1, 0.15) is 5.82 Å². The lowest BCUT2D eigenvalue weighted by Gasteiger charge is -2.43. The van der Waals surface area contributed by atoms with Crippen LogP contribution in [0, 0.1) is 11.7 Å². The fraction of sp³-hybridized carbons (Fsp3) is 0.333. The summed E-state index contributed by atoms with van der Waals surface area (Å²) in [6, 6.07) is 12.7. The summed E-state index contributed by atoms with van der Waals surface area (Å²) < 4.78 is 19.7. The Morgan fingerprint density at radius 3 is 2.95 bits per heavy atom. The Morgan fingerprint density at radius 1 is 1.18 bits per heavy atom. The van der Waals surface area contributed by atoms with Crippen LogP contribution in [0.5, 0.6) is 0 Å². The number of benzene rings is 2. The van der Waals surface area contributed by atoms with Crippen molar-refractivity contribution in [3.63, 3.8) is 0 Å². The summed E-state index contributed by atoms with van der Waals surface area (Å²) in [7, 11) is 0. The molecule has 22 heavy (non-hydrogen) atoms. The second-order valence-electron chi connectivity index (χ2n) is 6.01. The fourth-order valence-corrected chi connectivity index (χ4v) is 3.85. The first-order chi connectivity index (χ1) is 10.7. The maximum atomic E-state index is 13.6. The van der Waals surface area contributed by atoms with Gasteiger partial charge in [0.15, 0.2) is 0 Å². The number of ether oxygens (including phenoxy) is 1. The highest BCUT2D eigenvalue weighted by Crippen LogP contribution is 2.49. The average Bonchev–Trinajstić information content (AvgIpc) is 2.54. The molecule has 1 unspecified atom stereocenters. The van der Waals surface area contributed by atoms with Gasteiger partial charge in [-0.3, -0.25) is 0 Å². The van der Waals surface area contributed by atoms with Gasteiger partial charge in [-0.2, -0.15) is 0 Å². The number of nitrogens with one attached hydrogen (secondary N) is 1. The van der Waals surface area contributed by atoms with Crippen molar-refractivity contribution in [1.82, 2.24) is 0 Å². The van der Waals surface area contributed by atoms with Crippen LogP contribution in [0.1, 0.15) is 36.1 Å². The summed E-state index contributed by atoms with van der Waals surface area (Å²) >= 11 is 6.15. The topological polar surface area (TPSA) is 21.3 Å². The van der Waals surface area contributed by atoms with Crippen molar-refractivity contribution >= 4 is 17.3 Å². The van der Waals surface area contributed by atoms with Gasteiger partial charge in [0.05, 0.1) is 12.1 Å². The highest BCUT2D eigenvalue weighted by molar-refractivity contribution is 6.30. The zero-order chi connectivity index (χ0) is 15.1. The Bertz CT molecular complexity index is 705. The van der Waals surface area contributed by atoms with Crippen LogP contribution in [-0.2, 0) is 4.74 Å². The number of anilines is 1. The molecule has 0 radical (unpaired) electrons. The maximum Gasteiger partial charge on any atom is 0.123 e. The van der Waals surface area contributed by atoms with E-state index >= 15 is 0 Å². The number of hydrogen-bond donors (Lipinski definition) is 1. The van der Waals surface area contributed by atoms with E-state index in [-0.39, 0.29) is 18.0 Å². The number of halogens is 2. The van der Waals surface area contributed by atoms with E-state index in [2.05, 4.69) is 5.32 Å². The molecule has 0 saturated carbocycles. The second-order valence-corrected chi connectivity index (χ2v) is 6.44. The Labute approximate surface area is 134 Å². The van der Waals surface area contributed by atoms with Crippen LogP contribution in [0.4, 0.5) is 10.1 Å². The molecule has 0 amide bonds. The standard InChI is InChI=1S/C18H17ClFNO/c19-12-6-7-16-15(10-12)18-14(5-2-8-22-18)17(21-16)11-3-1-4-13(20)9-11/h1,3-4,6-7,9-10,14,17-18,21H,2,5,8H2/t14-,17?,18-/m0/s1. The molecule has 1 saturated heterocycles. The van der Waals surface area contributed by atoms with Crippen LogP contribution in [0.2, 0.25) is 5.02 Å². The number of hydrogen-bond acceptors (Lipinski definition) is 2. The van der Waals surface area contributed by atoms with Crippen molar-refractivity contribution in [2.24, 2.45) is 5.92 Å². The molecular weight excluding hydrogens is 301 g/mol. The molecule has 2 nitrogen and oxygen atoms in total. The van der Waals surface area contributed by atoms with E-state index in [1.165, 1.54) is 6.07 Å². The summed E-state index contributed by atoms with van der Waals surface area (Å²) in [6.45, 7) is 0.767. The largest absolute Gasteiger partial charge is 0.378 e. The third-order valence-corrected chi connectivity index (χ3v) is 4.87. The predicted octanol–water partition coefficient (Wildman–Crippen LogP) is 5.11. The molecule has 1 fully saturated rings. The molecule has 2 aromatic carbocycles. The zero-order valence-electron chi connectivity index (χ0n) is 12.1. The smallest absolute Gasteiger partial charge is 0.123 e. The van der Waals surface area contributed by atoms with E-state index < -0.39 is 0 Å². The minimum atomic E-state index is -0.200. The minimum absolute atomic E-state index is 0.0250. The van der Waals surface area contributed by atoms with Gasteiger partial charge in [0.2, 0.25) is 0 Å². The molecule has 114 valence electrons. The molecule has 4 rings (SSSR count). The van der Waals surface area contributed by atoms with E-state index in [0.717, 1.165) is 41.3 Å². The van der Waals surface area contributed by atoms with Gasteiger partial charge < -0.3 is 10.1 Å². The Balaban J connectivity index is 1.79. The van der Waals surface area contributed by atoms with Crippen molar-refractivity contribution < 1.29 is 9.13 Å². The molecule has 1 N–H and O–H groups in total. The van der Waals surface area contributed by atoms with Gasteiger partial charge in [-0.25, -0.2) is 4.39 Å². The van der Waals surface area contributed by atoms with Gasteiger partial charge in [-0.05, 0) is 48.7 Å². The van der Waals surface area contributed by atoms with Crippen molar-refractivity contribution in [1.29, 1.82) is 0 Å². The maximum absolute atomic E-state index is 13.6. The first kappa shape index (κ1) is 14.0. The van der Waals surface area contributed by atoms with E-state index in [1.54, 1.807) is 12.1 Å². The summed E-state index contributed by atoms with van der Waals surface area (Å²) in [6.07, 6.45) is 2.12. The second kappa shape index (κ2) is 5.56. The van der Waals surface area contributed by atoms with Crippen LogP contribution in [0.15, 0.2) is 42.5 Å². The monoisotopic (exact) mass is 317 g/mol. The third-order valence-electron chi connectivity index (χ3n) is 4.64. The van der Waals surface area contributed by atoms with E-state index in [4.69, 9.17) is 16.3 Å². The van der Waals surface area contributed by atoms with Crippen molar-refractivity contribution in [2.75, 3.05) is 11.9 Å². The number of fused-ring (bicyclic) bond motifs is 3. The van der Waals surface area contributed by atoms with Crippen LogP contribution in [0.3, 0.4) is 0 Å². The normalized spacial score (nSPS) is 26.7. The van der Waals surface area contributed by atoms with E-state index in [9.17, 15) is 4.39 Å². The molecule has 0 spiro atoms. The molecular formula is C18H17ClFNO. The lowest BCUT2D eigenvalue weighted by Crippen LogP contribution is -2.36. The highest BCUT2D eigenvalue weighted by atomic mass is 35.5. The van der Waals surface area contributed by atoms with Crippen LogP contribution < -0.4 is 5.32 Å². The average molecular weight is 318 g/mol. The van der Waals surface area contributed by atoms with Crippen molar-refractivity contribution in [3.8, 4) is 0 Å². The highest BCUT2D eigenvalue weighted by Gasteiger charge is 2.39. The van der Waals surface area contributed by atoms with E-state index in [0.29, 0.717) is 5.92 Å². The quantitative estimate of drug-likeness (QED) is 0.788. The van der Waals surface area contributed by atoms with Crippen LogP contribution in [0.25, 0.3) is 0 Å². The van der Waals surface area contributed by atoms with Gasteiger partial charge in [-0.15, -0.1) is 0 Å². The fourth-order valence-electron chi connectivity index (χ4n) is 3.67. The minimum Gasteiger partial charge on any atom is -0.378 e. The molecule has 2 aromatic rings. The first-order valence-corrected chi connectivity index (χ1v) is 8.03.